The van der Waals surface area contributed by atoms with Gasteiger partial charge >= 0.3 is 5.97 Å². The third-order valence-corrected chi connectivity index (χ3v) is 4.78. The Kier molecular flexibility index (Phi) is 10.9. The average molecular weight is 415 g/mol. The van der Waals surface area contributed by atoms with Crippen LogP contribution in [0.1, 0.15) is 59.3 Å². The number of carbonyl (C=O) groups excluding carboxylic acids is 1. The Morgan fingerprint density at radius 2 is 1.63 bits per heavy atom. The van der Waals surface area contributed by atoms with Crippen molar-refractivity contribution < 1.29 is 19.0 Å². The summed E-state index contributed by atoms with van der Waals surface area (Å²) >= 11 is 0. The van der Waals surface area contributed by atoms with E-state index in [-0.39, 0.29) is 5.97 Å². The minimum atomic E-state index is -0.207. The molecule has 0 radical (unpaired) electrons. The van der Waals surface area contributed by atoms with Crippen LogP contribution in [-0.2, 0) is 9.53 Å². The lowest BCUT2D eigenvalue weighted by molar-refractivity contribution is -0.135. The lowest BCUT2D eigenvalue weighted by Crippen LogP contribution is -2.11. The highest BCUT2D eigenvalue weighted by atomic mass is 16.5. The number of aromatic nitrogens is 2. The van der Waals surface area contributed by atoms with E-state index in [4.69, 9.17) is 14.2 Å². The Labute approximate surface area is 180 Å². The van der Waals surface area contributed by atoms with Crippen molar-refractivity contribution in [2.24, 2.45) is 5.92 Å². The Balaban J connectivity index is 1.74. The number of hydrogen-bond donors (Lipinski definition) is 0. The van der Waals surface area contributed by atoms with Gasteiger partial charge in [-0.25, -0.2) is 9.97 Å². The molecule has 0 saturated carbocycles. The molecule has 0 N–H and O–H groups in total. The zero-order chi connectivity index (χ0) is 21.6. The van der Waals surface area contributed by atoms with Crippen LogP contribution in [0.3, 0.4) is 0 Å². The van der Waals surface area contributed by atoms with Crippen LogP contribution in [0.5, 0.6) is 11.5 Å². The molecule has 1 aromatic heterocycles. The van der Waals surface area contributed by atoms with Crippen molar-refractivity contribution in [2.75, 3.05) is 19.8 Å². The Hall–Kier alpha value is -2.47. The highest BCUT2D eigenvalue weighted by Crippen LogP contribution is 2.21. The molecule has 0 fully saturated rings. The Morgan fingerprint density at radius 1 is 0.933 bits per heavy atom. The van der Waals surface area contributed by atoms with Crippen LogP contribution < -0.4 is 9.47 Å². The van der Waals surface area contributed by atoms with Gasteiger partial charge in [-0.1, -0.05) is 40.0 Å². The van der Waals surface area contributed by atoms with Crippen molar-refractivity contribution in [1.82, 2.24) is 9.97 Å². The summed E-state index contributed by atoms with van der Waals surface area (Å²) in [4.78, 5) is 20.6. The van der Waals surface area contributed by atoms with Gasteiger partial charge in [0, 0.05) is 31.6 Å². The summed E-state index contributed by atoms with van der Waals surface area (Å²) in [5.41, 5.74) is 0.851. The molecule has 1 aromatic carbocycles. The first-order valence-corrected chi connectivity index (χ1v) is 11.0. The second-order valence-corrected chi connectivity index (χ2v) is 7.48. The molecular weight excluding hydrogens is 380 g/mol. The molecule has 0 saturated heterocycles. The van der Waals surface area contributed by atoms with Crippen molar-refractivity contribution >= 4 is 5.97 Å². The molecule has 1 unspecified atom stereocenters. The van der Waals surface area contributed by atoms with Gasteiger partial charge in [0.2, 0.25) is 0 Å². The van der Waals surface area contributed by atoms with E-state index in [1.165, 1.54) is 12.8 Å². The smallest absolute Gasteiger partial charge is 0.311 e. The number of unbranched alkanes of at least 4 members (excludes halogenated alkanes) is 2. The van der Waals surface area contributed by atoms with Crippen LogP contribution in [-0.4, -0.2) is 35.8 Å². The number of hydrogen-bond acceptors (Lipinski definition) is 6. The molecule has 164 valence electrons. The van der Waals surface area contributed by atoms with Crippen LogP contribution in [0, 0.1) is 5.92 Å². The van der Waals surface area contributed by atoms with E-state index < -0.39 is 0 Å². The van der Waals surface area contributed by atoms with E-state index in [1.54, 1.807) is 24.5 Å². The number of nitrogens with zero attached hydrogens (tertiary/aromatic N) is 2. The molecule has 1 atom stereocenters. The van der Waals surface area contributed by atoms with Crippen molar-refractivity contribution in [3.05, 3.63) is 36.7 Å². The molecule has 1 heterocycles. The van der Waals surface area contributed by atoms with E-state index >= 15 is 0 Å². The van der Waals surface area contributed by atoms with E-state index in [1.807, 2.05) is 19.1 Å². The number of ether oxygens (including phenoxy) is 3. The fourth-order valence-electron chi connectivity index (χ4n) is 2.72. The molecular formula is C24H34N2O4. The van der Waals surface area contributed by atoms with Crippen LogP contribution >= 0.6 is 0 Å². The molecule has 0 aliphatic heterocycles. The van der Waals surface area contributed by atoms with Gasteiger partial charge in [0.1, 0.15) is 5.75 Å². The highest BCUT2D eigenvalue weighted by molar-refractivity contribution is 5.72. The second-order valence-electron chi connectivity index (χ2n) is 7.48. The minimum Gasteiger partial charge on any atom is -0.490 e. The van der Waals surface area contributed by atoms with Gasteiger partial charge in [-0.2, -0.15) is 0 Å². The van der Waals surface area contributed by atoms with Crippen molar-refractivity contribution in [1.29, 1.82) is 0 Å². The second kappa shape index (κ2) is 13.7. The minimum absolute atomic E-state index is 0.207. The predicted molar refractivity (Wildman–Crippen MR) is 118 cm³/mol. The predicted octanol–water partition coefficient (Wildman–Crippen LogP) is 5.46. The summed E-state index contributed by atoms with van der Waals surface area (Å²) < 4.78 is 16.6. The van der Waals surface area contributed by atoms with Gasteiger partial charge in [0.25, 0.3) is 0 Å². The summed E-state index contributed by atoms with van der Waals surface area (Å²) in [7, 11) is 0. The summed E-state index contributed by atoms with van der Waals surface area (Å²) in [6.45, 7) is 8.39. The van der Waals surface area contributed by atoms with Crippen LogP contribution in [0.2, 0.25) is 0 Å². The third kappa shape index (κ3) is 8.91. The van der Waals surface area contributed by atoms with Crippen LogP contribution in [0.15, 0.2) is 36.7 Å². The molecule has 0 aliphatic rings. The van der Waals surface area contributed by atoms with Gasteiger partial charge in [0.05, 0.1) is 19.0 Å². The number of rotatable bonds is 14. The van der Waals surface area contributed by atoms with Gasteiger partial charge in [-0.05, 0) is 36.6 Å². The summed E-state index contributed by atoms with van der Waals surface area (Å²) in [6.07, 6.45) is 9.10. The first-order chi connectivity index (χ1) is 14.6. The number of esters is 1. The molecule has 0 aliphatic carbocycles. The lowest BCUT2D eigenvalue weighted by Gasteiger charge is -2.09. The molecule has 0 amide bonds. The summed E-state index contributed by atoms with van der Waals surface area (Å²) in [6, 6.07) is 7.21. The van der Waals surface area contributed by atoms with Gasteiger partial charge in [-0.3, -0.25) is 4.79 Å². The first kappa shape index (κ1) is 23.8. The summed E-state index contributed by atoms with van der Waals surface area (Å²) in [5, 5.41) is 0. The lowest BCUT2D eigenvalue weighted by atomic mass is 10.1. The largest absolute Gasteiger partial charge is 0.490 e. The Bertz CT molecular complexity index is 732. The third-order valence-electron chi connectivity index (χ3n) is 4.78. The van der Waals surface area contributed by atoms with Gasteiger partial charge in [0.15, 0.2) is 11.6 Å². The maximum absolute atomic E-state index is 11.9. The molecule has 6 nitrogen and oxygen atoms in total. The monoisotopic (exact) mass is 414 g/mol. The van der Waals surface area contributed by atoms with E-state index in [0.717, 1.165) is 31.4 Å². The first-order valence-electron chi connectivity index (χ1n) is 11.0. The maximum Gasteiger partial charge on any atom is 0.311 e. The average Bonchev–Trinajstić information content (AvgIpc) is 2.76. The van der Waals surface area contributed by atoms with Crippen LogP contribution in [0.4, 0.5) is 0 Å². The Morgan fingerprint density at radius 3 is 2.30 bits per heavy atom. The SMILES string of the molecule is CCCCCOCCCOc1cnc(-c2ccc(OC(=O)CC(C)CC)cc2)nc1. The quantitative estimate of drug-likeness (QED) is 0.232. The number of benzene rings is 1. The molecule has 0 spiro atoms. The molecule has 0 bridgehead atoms. The van der Waals surface area contributed by atoms with E-state index in [2.05, 4.69) is 23.8 Å². The van der Waals surface area contributed by atoms with Crippen LogP contribution in [0.25, 0.3) is 11.4 Å². The van der Waals surface area contributed by atoms with Crippen molar-refractivity contribution in [3.63, 3.8) is 0 Å². The van der Waals surface area contributed by atoms with Crippen molar-refractivity contribution in [3.8, 4) is 22.9 Å². The number of carbonyl (C=O) groups is 1. The standard InChI is InChI=1S/C24H34N2O4/c1-4-6-7-13-28-14-8-15-29-22-17-25-24(26-18-22)20-9-11-21(12-10-20)30-23(27)16-19(3)5-2/h9-12,17-19H,4-8,13-16H2,1-3H3. The fraction of sp³-hybridized carbons (Fsp3) is 0.542. The normalized spacial score (nSPS) is 11.8. The van der Waals surface area contributed by atoms with E-state index in [9.17, 15) is 4.79 Å². The molecule has 30 heavy (non-hydrogen) atoms. The topological polar surface area (TPSA) is 70.5 Å². The molecule has 6 heteroatoms. The van der Waals surface area contributed by atoms with E-state index in [0.29, 0.717) is 42.9 Å². The highest BCUT2D eigenvalue weighted by Gasteiger charge is 2.10. The van der Waals surface area contributed by atoms with Gasteiger partial charge < -0.3 is 14.2 Å². The zero-order valence-electron chi connectivity index (χ0n) is 18.4. The maximum atomic E-state index is 11.9. The molecule has 2 aromatic rings. The van der Waals surface area contributed by atoms with Gasteiger partial charge in [-0.15, -0.1) is 0 Å². The van der Waals surface area contributed by atoms with Crippen molar-refractivity contribution in [2.45, 2.75) is 59.3 Å². The zero-order valence-corrected chi connectivity index (χ0v) is 18.4. The summed E-state index contributed by atoms with van der Waals surface area (Å²) in [5.74, 6) is 1.88. The molecule has 2 rings (SSSR count). The fourth-order valence-corrected chi connectivity index (χ4v) is 2.72.